The quantitative estimate of drug-likeness (QED) is 0.853. The maximum atomic E-state index is 13.1. The number of aromatic hydroxyl groups is 1. The first-order valence-electron chi connectivity index (χ1n) is 5.15. The SMILES string of the molecule is Cc1cc(NCc2ccc(O)c(F)c2)ncn1. The number of aromatic nitrogens is 2. The molecule has 0 aliphatic rings. The van der Waals surface area contributed by atoms with E-state index in [1.807, 2.05) is 6.92 Å². The molecule has 1 heterocycles. The van der Waals surface area contributed by atoms with Crippen molar-refractivity contribution in [2.45, 2.75) is 13.5 Å². The van der Waals surface area contributed by atoms with Crippen molar-refractivity contribution < 1.29 is 9.50 Å². The van der Waals surface area contributed by atoms with E-state index in [-0.39, 0.29) is 5.75 Å². The fourth-order valence-electron chi connectivity index (χ4n) is 1.40. The van der Waals surface area contributed by atoms with Gasteiger partial charge in [0.2, 0.25) is 0 Å². The Hall–Kier alpha value is -2.17. The second kappa shape index (κ2) is 4.78. The van der Waals surface area contributed by atoms with Crippen LogP contribution < -0.4 is 5.32 Å². The lowest BCUT2D eigenvalue weighted by Gasteiger charge is -2.06. The number of benzene rings is 1. The van der Waals surface area contributed by atoms with Crippen LogP contribution in [0.15, 0.2) is 30.6 Å². The van der Waals surface area contributed by atoms with Crippen LogP contribution in [0.3, 0.4) is 0 Å². The highest BCUT2D eigenvalue weighted by atomic mass is 19.1. The Labute approximate surface area is 98.2 Å². The van der Waals surface area contributed by atoms with Crippen molar-refractivity contribution in [2.75, 3.05) is 5.32 Å². The summed E-state index contributed by atoms with van der Waals surface area (Å²) in [5.74, 6) is -0.277. The van der Waals surface area contributed by atoms with E-state index in [1.54, 1.807) is 12.1 Å². The van der Waals surface area contributed by atoms with Gasteiger partial charge >= 0.3 is 0 Å². The van der Waals surface area contributed by atoms with E-state index < -0.39 is 5.82 Å². The molecule has 0 atom stereocenters. The van der Waals surface area contributed by atoms with Crippen LogP contribution in [0.4, 0.5) is 10.2 Å². The minimum Gasteiger partial charge on any atom is -0.505 e. The number of phenols is 1. The van der Waals surface area contributed by atoms with Crippen molar-refractivity contribution in [3.63, 3.8) is 0 Å². The molecule has 0 aliphatic carbocycles. The van der Waals surface area contributed by atoms with Gasteiger partial charge in [-0.1, -0.05) is 6.07 Å². The maximum Gasteiger partial charge on any atom is 0.165 e. The molecular formula is C12H12FN3O. The highest BCUT2D eigenvalue weighted by molar-refractivity contribution is 5.37. The summed E-state index contributed by atoms with van der Waals surface area (Å²) in [6.07, 6.45) is 1.47. The summed E-state index contributed by atoms with van der Waals surface area (Å²) in [6.45, 7) is 2.31. The number of phenolic OH excluding ortho intramolecular Hbond substituents is 1. The zero-order valence-corrected chi connectivity index (χ0v) is 9.31. The van der Waals surface area contributed by atoms with Gasteiger partial charge in [0, 0.05) is 18.3 Å². The number of nitrogens with one attached hydrogen (secondary N) is 1. The Morgan fingerprint density at radius 3 is 2.82 bits per heavy atom. The summed E-state index contributed by atoms with van der Waals surface area (Å²) in [6, 6.07) is 6.07. The molecule has 1 aromatic heterocycles. The third-order valence-corrected chi connectivity index (χ3v) is 2.29. The van der Waals surface area contributed by atoms with Crippen molar-refractivity contribution >= 4 is 5.82 Å². The second-order valence-electron chi connectivity index (χ2n) is 3.68. The smallest absolute Gasteiger partial charge is 0.165 e. The highest BCUT2D eigenvalue weighted by Crippen LogP contribution is 2.16. The summed E-state index contributed by atoms with van der Waals surface area (Å²) < 4.78 is 13.1. The molecule has 0 saturated carbocycles. The number of hydrogen-bond acceptors (Lipinski definition) is 4. The number of anilines is 1. The van der Waals surface area contributed by atoms with Gasteiger partial charge in [0.1, 0.15) is 12.1 Å². The van der Waals surface area contributed by atoms with Gasteiger partial charge in [-0.3, -0.25) is 0 Å². The fraction of sp³-hybridized carbons (Fsp3) is 0.167. The molecule has 0 amide bonds. The Bertz CT molecular complexity index is 531. The Morgan fingerprint density at radius 1 is 1.29 bits per heavy atom. The summed E-state index contributed by atoms with van der Waals surface area (Å²) in [5, 5.41) is 12.1. The summed E-state index contributed by atoms with van der Waals surface area (Å²) >= 11 is 0. The molecule has 5 heteroatoms. The van der Waals surface area contributed by atoms with Gasteiger partial charge in [-0.25, -0.2) is 14.4 Å². The largest absolute Gasteiger partial charge is 0.505 e. The number of aryl methyl sites for hydroxylation is 1. The predicted molar refractivity (Wildman–Crippen MR) is 62.2 cm³/mol. The lowest BCUT2D eigenvalue weighted by atomic mass is 10.2. The minimum absolute atomic E-state index is 0.341. The standard InChI is InChI=1S/C12H12FN3O/c1-8-4-12(16-7-15-8)14-6-9-2-3-11(17)10(13)5-9/h2-5,7,17H,6H2,1H3,(H,14,15,16). The van der Waals surface area contributed by atoms with Crippen molar-refractivity contribution in [3.8, 4) is 5.75 Å². The first-order chi connectivity index (χ1) is 8.15. The third kappa shape index (κ3) is 2.90. The van der Waals surface area contributed by atoms with Gasteiger partial charge in [-0.15, -0.1) is 0 Å². The molecule has 0 radical (unpaired) electrons. The molecule has 2 N–H and O–H groups in total. The maximum absolute atomic E-state index is 13.1. The van der Waals surface area contributed by atoms with Crippen LogP contribution in [0.5, 0.6) is 5.75 Å². The van der Waals surface area contributed by atoms with E-state index in [0.717, 1.165) is 11.3 Å². The van der Waals surface area contributed by atoms with Crippen molar-refractivity contribution in [2.24, 2.45) is 0 Å². The van der Waals surface area contributed by atoms with E-state index in [4.69, 9.17) is 5.11 Å². The molecule has 17 heavy (non-hydrogen) atoms. The van der Waals surface area contributed by atoms with Gasteiger partial charge in [-0.2, -0.15) is 0 Å². The average Bonchev–Trinajstić information content (AvgIpc) is 2.31. The van der Waals surface area contributed by atoms with Crippen LogP contribution in [0, 0.1) is 12.7 Å². The summed E-state index contributed by atoms with van der Waals surface area (Å²) in [5.41, 5.74) is 1.59. The van der Waals surface area contributed by atoms with Crippen molar-refractivity contribution in [1.82, 2.24) is 9.97 Å². The molecule has 0 saturated heterocycles. The first-order valence-corrected chi connectivity index (χ1v) is 5.15. The summed E-state index contributed by atoms with van der Waals surface area (Å²) in [7, 11) is 0. The van der Waals surface area contributed by atoms with E-state index in [1.165, 1.54) is 18.5 Å². The topological polar surface area (TPSA) is 58.0 Å². The van der Waals surface area contributed by atoms with Crippen LogP contribution in [0.25, 0.3) is 0 Å². The zero-order valence-electron chi connectivity index (χ0n) is 9.31. The van der Waals surface area contributed by atoms with Gasteiger partial charge in [0.15, 0.2) is 11.6 Å². The van der Waals surface area contributed by atoms with Gasteiger partial charge < -0.3 is 10.4 Å². The minimum atomic E-state index is -0.622. The first kappa shape index (κ1) is 11.3. The van der Waals surface area contributed by atoms with Crippen LogP contribution in [-0.2, 0) is 6.54 Å². The third-order valence-electron chi connectivity index (χ3n) is 2.29. The summed E-state index contributed by atoms with van der Waals surface area (Å²) in [4.78, 5) is 8.01. The Morgan fingerprint density at radius 2 is 2.12 bits per heavy atom. The molecule has 0 spiro atoms. The van der Waals surface area contributed by atoms with Gasteiger partial charge in [0.25, 0.3) is 0 Å². The average molecular weight is 233 g/mol. The van der Waals surface area contributed by atoms with Crippen LogP contribution in [-0.4, -0.2) is 15.1 Å². The number of rotatable bonds is 3. The van der Waals surface area contributed by atoms with Gasteiger partial charge in [0.05, 0.1) is 0 Å². The van der Waals surface area contributed by atoms with Crippen LogP contribution >= 0.6 is 0 Å². The second-order valence-corrected chi connectivity index (χ2v) is 3.68. The molecule has 4 nitrogen and oxygen atoms in total. The van der Waals surface area contributed by atoms with Crippen molar-refractivity contribution in [3.05, 3.63) is 47.7 Å². The van der Waals surface area contributed by atoms with Crippen LogP contribution in [0.1, 0.15) is 11.3 Å². The van der Waals surface area contributed by atoms with Crippen molar-refractivity contribution in [1.29, 1.82) is 0 Å². The number of hydrogen-bond donors (Lipinski definition) is 2. The predicted octanol–water partition coefficient (Wildman–Crippen LogP) is 2.24. The molecule has 88 valence electrons. The number of halogens is 1. The van der Waals surface area contributed by atoms with Gasteiger partial charge in [-0.05, 0) is 24.6 Å². The number of nitrogens with zero attached hydrogens (tertiary/aromatic N) is 2. The lowest BCUT2D eigenvalue weighted by molar-refractivity contribution is 0.432. The molecule has 2 aromatic rings. The molecule has 0 aliphatic heterocycles. The molecular weight excluding hydrogens is 221 g/mol. The monoisotopic (exact) mass is 233 g/mol. The lowest BCUT2D eigenvalue weighted by Crippen LogP contribution is -2.02. The van der Waals surface area contributed by atoms with Crippen LogP contribution in [0.2, 0.25) is 0 Å². The normalized spacial score (nSPS) is 10.2. The van der Waals surface area contributed by atoms with E-state index in [9.17, 15) is 4.39 Å². The molecule has 2 rings (SSSR count). The zero-order chi connectivity index (χ0) is 12.3. The van der Waals surface area contributed by atoms with E-state index in [0.29, 0.717) is 12.4 Å². The highest BCUT2D eigenvalue weighted by Gasteiger charge is 2.02. The molecule has 0 unspecified atom stereocenters. The fourth-order valence-corrected chi connectivity index (χ4v) is 1.40. The Kier molecular flexibility index (Phi) is 3.18. The molecule has 0 fully saturated rings. The molecule has 1 aromatic carbocycles. The Balaban J connectivity index is 2.05. The van der Waals surface area contributed by atoms with E-state index >= 15 is 0 Å². The molecule has 0 bridgehead atoms. The van der Waals surface area contributed by atoms with E-state index in [2.05, 4.69) is 15.3 Å².